The molecule has 0 unspecified atom stereocenters. The fraction of sp³-hybridized carbons (Fsp3) is 0.300. The summed E-state index contributed by atoms with van der Waals surface area (Å²) in [5.41, 5.74) is 1.01. The fourth-order valence-corrected chi connectivity index (χ4v) is 3.22. The zero-order valence-corrected chi connectivity index (χ0v) is 17.1. The third kappa shape index (κ3) is 6.40. The van der Waals surface area contributed by atoms with Gasteiger partial charge in [0, 0.05) is 11.8 Å². The van der Waals surface area contributed by atoms with E-state index in [0.29, 0.717) is 34.2 Å². The summed E-state index contributed by atoms with van der Waals surface area (Å²) in [6, 6.07) is 10.1. The number of hydrogen-bond donors (Lipinski definition) is 2. The van der Waals surface area contributed by atoms with Crippen molar-refractivity contribution in [3.63, 3.8) is 0 Å². The summed E-state index contributed by atoms with van der Waals surface area (Å²) in [7, 11) is 0. The molecule has 0 spiro atoms. The number of thioether (sulfide) groups is 1. The minimum Gasteiger partial charge on any atom is -0.494 e. The van der Waals surface area contributed by atoms with Gasteiger partial charge in [0.1, 0.15) is 11.8 Å². The maximum atomic E-state index is 12.2. The second kappa shape index (κ2) is 10.3. The fourth-order valence-electron chi connectivity index (χ4n) is 2.37. The molecule has 0 radical (unpaired) electrons. The number of hydrogen-bond acceptors (Lipinski definition) is 7. The Morgan fingerprint density at radius 3 is 2.62 bits per heavy atom. The van der Waals surface area contributed by atoms with Crippen molar-refractivity contribution in [2.24, 2.45) is 0 Å². The number of nitriles is 1. The topological polar surface area (TPSA) is 121 Å². The lowest BCUT2D eigenvalue weighted by Crippen LogP contribution is -2.30. The molecule has 0 bridgehead atoms. The number of nitrogens with zero attached hydrogens (tertiary/aromatic N) is 1. The van der Waals surface area contributed by atoms with Gasteiger partial charge in [-0.3, -0.25) is 14.4 Å². The first-order chi connectivity index (χ1) is 13.8. The van der Waals surface area contributed by atoms with E-state index in [1.807, 2.05) is 13.0 Å². The highest BCUT2D eigenvalue weighted by molar-refractivity contribution is 7.99. The van der Waals surface area contributed by atoms with Crippen molar-refractivity contribution < 1.29 is 19.1 Å². The molecular weight excluding hydrogens is 394 g/mol. The average Bonchev–Trinajstić information content (AvgIpc) is 2.67. The third-order valence-corrected chi connectivity index (χ3v) is 4.74. The van der Waals surface area contributed by atoms with Gasteiger partial charge in [0.15, 0.2) is 6.10 Å². The van der Waals surface area contributed by atoms with E-state index in [-0.39, 0.29) is 11.3 Å². The maximum absolute atomic E-state index is 12.2. The molecule has 152 valence electrons. The third-order valence-electron chi connectivity index (χ3n) is 3.76. The predicted molar refractivity (Wildman–Crippen MR) is 109 cm³/mol. The van der Waals surface area contributed by atoms with Crippen molar-refractivity contribution in [2.75, 3.05) is 17.7 Å². The van der Waals surface area contributed by atoms with Gasteiger partial charge < -0.3 is 19.8 Å². The monoisotopic (exact) mass is 415 g/mol. The number of nitrogens with one attached hydrogen (secondary N) is 2. The number of rotatable bonds is 8. The van der Waals surface area contributed by atoms with E-state index in [9.17, 15) is 19.6 Å². The van der Waals surface area contributed by atoms with Gasteiger partial charge in [0.25, 0.3) is 5.91 Å². The zero-order chi connectivity index (χ0) is 21.4. The molecule has 1 aromatic carbocycles. The van der Waals surface area contributed by atoms with Crippen LogP contribution in [0, 0.1) is 18.3 Å². The summed E-state index contributed by atoms with van der Waals surface area (Å²) in [4.78, 5) is 38.4. The lowest BCUT2D eigenvalue weighted by Gasteiger charge is -2.14. The van der Waals surface area contributed by atoms with E-state index in [1.54, 1.807) is 31.2 Å². The first-order valence-corrected chi connectivity index (χ1v) is 9.82. The molecule has 2 N–H and O–H groups in total. The highest BCUT2D eigenvalue weighted by atomic mass is 32.2. The van der Waals surface area contributed by atoms with Crippen LogP contribution in [0.15, 0.2) is 40.2 Å². The number of amides is 1. The number of aryl methyl sites for hydroxylation is 1. The molecule has 2 rings (SSSR count). The smallest absolute Gasteiger partial charge is 0.317 e. The number of aromatic amines is 1. The number of H-pyrrole nitrogens is 1. The van der Waals surface area contributed by atoms with Gasteiger partial charge in [-0.15, -0.1) is 0 Å². The summed E-state index contributed by atoms with van der Waals surface area (Å²) in [5.74, 6) is -0.591. The van der Waals surface area contributed by atoms with Crippen molar-refractivity contribution in [3.8, 4) is 11.8 Å². The van der Waals surface area contributed by atoms with E-state index in [1.165, 1.54) is 13.0 Å². The molecule has 0 fully saturated rings. The van der Waals surface area contributed by atoms with Crippen LogP contribution in [0.25, 0.3) is 0 Å². The molecule has 0 saturated heterocycles. The van der Waals surface area contributed by atoms with Crippen LogP contribution in [0.2, 0.25) is 0 Å². The van der Waals surface area contributed by atoms with Crippen LogP contribution in [0.3, 0.4) is 0 Å². The molecule has 0 aliphatic heterocycles. The van der Waals surface area contributed by atoms with Crippen molar-refractivity contribution in [1.82, 2.24) is 4.98 Å². The number of ether oxygens (including phenoxy) is 2. The van der Waals surface area contributed by atoms with Crippen LogP contribution in [0.5, 0.6) is 5.75 Å². The average molecular weight is 415 g/mol. The number of carbonyl (C=O) groups excluding carboxylic acids is 2. The minimum absolute atomic E-state index is 0.158. The Balaban J connectivity index is 1.89. The van der Waals surface area contributed by atoms with Crippen molar-refractivity contribution >= 4 is 29.3 Å². The predicted octanol–water partition coefficient (Wildman–Crippen LogP) is 2.62. The quantitative estimate of drug-likeness (QED) is 0.502. The lowest BCUT2D eigenvalue weighted by molar-refractivity contribution is -0.150. The number of carbonyl (C=O) groups is 2. The molecule has 1 heterocycles. The second-order valence-corrected chi connectivity index (χ2v) is 6.99. The molecule has 9 heteroatoms. The standard InChI is InChI=1S/C20H21N3O5S/c1-4-27-15-7-5-14(6-8-15)22-19(26)13(3)28-18(25)11-29-20-16(10-21)12(2)9-17(24)23-20/h5-9,13H,4,11H2,1-3H3,(H,22,26)(H,23,24)/t13-/m0/s1. The molecule has 1 aromatic heterocycles. The van der Waals surface area contributed by atoms with E-state index in [0.717, 1.165) is 11.8 Å². The zero-order valence-electron chi connectivity index (χ0n) is 16.3. The highest BCUT2D eigenvalue weighted by Crippen LogP contribution is 2.21. The molecule has 2 aromatic rings. The van der Waals surface area contributed by atoms with E-state index in [2.05, 4.69) is 10.3 Å². The van der Waals surface area contributed by atoms with Crippen molar-refractivity contribution in [1.29, 1.82) is 5.26 Å². The van der Waals surface area contributed by atoms with Gasteiger partial charge in [-0.25, -0.2) is 0 Å². The molecule has 1 atom stereocenters. The number of pyridine rings is 1. The second-order valence-electron chi connectivity index (χ2n) is 6.00. The summed E-state index contributed by atoms with van der Waals surface area (Å²) in [6.07, 6.45) is -1.01. The van der Waals surface area contributed by atoms with Gasteiger partial charge >= 0.3 is 5.97 Å². The molecule has 0 aliphatic carbocycles. The number of aromatic nitrogens is 1. The Morgan fingerprint density at radius 2 is 2.00 bits per heavy atom. The molecular formula is C20H21N3O5S. The highest BCUT2D eigenvalue weighted by Gasteiger charge is 2.19. The van der Waals surface area contributed by atoms with Crippen LogP contribution >= 0.6 is 11.8 Å². The van der Waals surface area contributed by atoms with Crippen LogP contribution in [-0.2, 0) is 14.3 Å². The van der Waals surface area contributed by atoms with Crippen LogP contribution in [-0.4, -0.2) is 35.3 Å². The Labute approximate surface area is 172 Å². The molecule has 29 heavy (non-hydrogen) atoms. The van der Waals surface area contributed by atoms with E-state index < -0.39 is 18.0 Å². The van der Waals surface area contributed by atoms with Gasteiger partial charge in [0.05, 0.1) is 22.9 Å². The molecule has 0 aliphatic rings. The summed E-state index contributed by atoms with van der Waals surface area (Å²) < 4.78 is 10.5. The van der Waals surface area contributed by atoms with Gasteiger partial charge in [0.2, 0.25) is 5.56 Å². The van der Waals surface area contributed by atoms with Crippen molar-refractivity contribution in [3.05, 3.63) is 51.8 Å². The molecule has 1 amide bonds. The van der Waals surface area contributed by atoms with Gasteiger partial charge in [-0.2, -0.15) is 5.26 Å². The number of anilines is 1. The summed E-state index contributed by atoms with van der Waals surface area (Å²) in [5, 5.41) is 12.1. The van der Waals surface area contributed by atoms with E-state index >= 15 is 0 Å². The van der Waals surface area contributed by atoms with E-state index in [4.69, 9.17) is 9.47 Å². The first-order valence-electron chi connectivity index (χ1n) is 8.84. The molecule has 0 saturated carbocycles. The normalized spacial score (nSPS) is 11.2. The van der Waals surface area contributed by atoms with Crippen LogP contribution < -0.4 is 15.6 Å². The maximum Gasteiger partial charge on any atom is 0.317 e. The first kappa shape index (κ1) is 22.0. The molecule has 8 nitrogen and oxygen atoms in total. The SMILES string of the molecule is CCOc1ccc(NC(=O)[C@H](C)OC(=O)CSc2[nH]c(=O)cc(C)c2C#N)cc1. The van der Waals surface area contributed by atoms with Gasteiger partial charge in [-0.05, 0) is 50.6 Å². The van der Waals surface area contributed by atoms with Crippen molar-refractivity contribution in [2.45, 2.75) is 31.9 Å². The Kier molecular flexibility index (Phi) is 7.86. The number of esters is 1. The Morgan fingerprint density at radius 1 is 1.31 bits per heavy atom. The summed E-state index contributed by atoms with van der Waals surface area (Å²) in [6.45, 7) is 5.52. The van der Waals surface area contributed by atoms with Crippen LogP contribution in [0.1, 0.15) is 25.0 Å². The largest absolute Gasteiger partial charge is 0.494 e. The Hall–Kier alpha value is -3.25. The summed E-state index contributed by atoms with van der Waals surface area (Å²) >= 11 is 0.974. The number of benzene rings is 1. The Bertz CT molecular complexity index is 979. The van der Waals surface area contributed by atoms with Crippen LogP contribution in [0.4, 0.5) is 5.69 Å². The lowest BCUT2D eigenvalue weighted by atomic mass is 10.2. The minimum atomic E-state index is -1.01. The van der Waals surface area contributed by atoms with Gasteiger partial charge in [-0.1, -0.05) is 11.8 Å².